The highest BCUT2D eigenvalue weighted by Gasteiger charge is 2.28. The first kappa shape index (κ1) is 23.0. The second-order valence-corrected chi connectivity index (χ2v) is 9.41. The fourth-order valence-electron chi connectivity index (χ4n) is 3.35. The van der Waals surface area contributed by atoms with Crippen LogP contribution < -0.4 is 5.73 Å². The van der Waals surface area contributed by atoms with Gasteiger partial charge < -0.3 is 10.3 Å². The third-order valence-corrected chi connectivity index (χ3v) is 5.95. The Balaban J connectivity index is 2.14. The summed E-state index contributed by atoms with van der Waals surface area (Å²) in [7, 11) is -3.44. The number of pyridine rings is 2. The molecule has 3 aromatic rings. The number of nitrogens with two attached hydrogens (primary N) is 1. The van der Waals surface area contributed by atoms with Crippen LogP contribution in [0.5, 0.6) is 0 Å². The van der Waals surface area contributed by atoms with Gasteiger partial charge in [0.25, 0.3) is 5.92 Å². The van der Waals surface area contributed by atoms with Crippen LogP contribution >= 0.6 is 0 Å². The number of hydrogen-bond acceptors (Lipinski definition) is 5. The van der Waals surface area contributed by atoms with Crippen molar-refractivity contribution < 1.29 is 21.6 Å². The first-order valence-electron chi connectivity index (χ1n) is 9.48. The predicted molar refractivity (Wildman–Crippen MR) is 112 cm³/mol. The number of hydrogen-bond donors (Lipinski definition) is 1. The Hall–Kier alpha value is -2.72. The standard InChI is InChI=1S/C21H23F3N4O2S/c1-13-16(10-14-4-7-19(26-11-14)31(3,29)30)20-17(28(13)12-15(22)8-9-25)5-6-18(27-20)21(2,23)24/h4-8,11H,9-10,12,25H2,1-3H3/b15-8-. The van der Waals surface area contributed by atoms with Gasteiger partial charge in [-0.15, -0.1) is 0 Å². The van der Waals surface area contributed by atoms with E-state index >= 15 is 0 Å². The number of alkyl halides is 2. The van der Waals surface area contributed by atoms with Crippen LogP contribution in [0.25, 0.3) is 11.0 Å². The lowest BCUT2D eigenvalue weighted by Gasteiger charge is -2.10. The zero-order valence-electron chi connectivity index (χ0n) is 17.4. The topological polar surface area (TPSA) is 90.9 Å². The van der Waals surface area contributed by atoms with E-state index in [0.717, 1.165) is 13.2 Å². The van der Waals surface area contributed by atoms with Crippen molar-refractivity contribution in [2.75, 3.05) is 12.8 Å². The van der Waals surface area contributed by atoms with Crippen molar-refractivity contribution in [3.05, 3.63) is 64.9 Å². The monoisotopic (exact) mass is 452 g/mol. The summed E-state index contributed by atoms with van der Waals surface area (Å²) < 4.78 is 66.9. The van der Waals surface area contributed by atoms with Gasteiger partial charge >= 0.3 is 0 Å². The van der Waals surface area contributed by atoms with Crippen LogP contribution in [0.1, 0.15) is 29.4 Å². The van der Waals surface area contributed by atoms with Crippen molar-refractivity contribution in [3.63, 3.8) is 0 Å². The summed E-state index contributed by atoms with van der Waals surface area (Å²) >= 11 is 0. The molecule has 3 rings (SSSR count). The Labute approximate surface area is 178 Å². The van der Waals surface area contributed by atoms with Gasteiger partial charge in [0.15, 0.2) is 14.9 Å². The van der Waals surface area contributed by atoms with E-state index in [9.17, 15) is 21.6 Å². The van der Waals surface area contributed by atoms with Crippen LogP contribution in [0.4, 0.5) is 13.2 Å². The van der Waals surface area contributed by atoms with E-state index < -0.39 is 21.6 Å². The molecule has 0 saturated carbocycles. The minimum atomic E-state index is -3.44. The highest BCUT2D eigenvalue weighted by molar-refractivity contribution is 7.90. The van der Waals surface area contributed by atoms with Gasteiger partial charge in [0.1, 0.15) is 11.5 Å². The van der Waals surface area contributed by atoms with Gasteiger partial charge in [-0.2, -0.15) is 8.78 Å². The van der Waals surface area contributed by atoms with Crippen molar-refractivity contribution in [1.29, 1.82) is 0 Å². The van der Waals surface area contributed by atoms with E-state index in [1.165, 1.54) is 30.5 Å². The summed E-state index contributed by atoms with van der Waals surface area (Å²) in [5.74, 6) is -3.58. The summed E-state index contributed by atoms with van der Waals surface area (Å²) in [5.41, 5.74) is 7.81. The second kappa shape index (κ2) is 8.43. The van der Waals surface area contributed by atoms with E-state index in [1.54, 1.807) is 17.6 Å². The van der Waals surface area contributed by atoms with E-state index in [-0.39, 0.29) is 30.2 Å². The van der Waals surface area contributed by atoms with Crippen LogP contribution in [-0.2, 0) is 28.7 Å². The molecule has 0 spiro atoms. The molecule has 166 valence electrons. The highest BCUT2D eigenvalue weighted by atomic mass is 32.2. The van der Waals surface area contributed by atoms with Crippen molar-refractivity contribution in [3.8, 4) is 0 Å². The molecule has 0 aliphatic heterocycles. The SMILES string of the molecule is Cc1c(Cc2ccc(S(C)(=O)=O)nc2)c2nc(C(C)(F)F)ccc2n1C/C(F)=C/CN. The molecule has 0 aliphatic rings. The third kappa shape index (κ3) is 4.96. The summed E-state index contributed by atoms with van der Waals surface area (Å²) in [6, 6.07) is 5.74. The Morgan fingerprint density at radius 1 is 1.26 bits per heavy atom. The highest BCUT2D eigenvalue weighted by Crippen LogP contribution is 2.32. The Bertz CT molecular complexity index is 1240. The van der Waals surface area contributed by atoms with Crippen LogP contribution in [0.15, 0.2) is 47.4 Å². The fourth-order valence-corrected chi connectivity index (χ4v) is 3.91. The molecule has 0 fully saturated rings. The number of allylic oxidation sites excluding steroid dienone is 1. The molecule has 2 N–H and O–H groups in total. The van der Waals surface area contributed by atoms with Crippen molar-refractivity contribution in [2.45, 2.75) is 37.8 Å². The summed E-state index contributed by atoms with van der Waals surface area (Å²) in [4.78, 5) is 8.15. The van der Waals surface area contributed by atoms with Crippen LogP contribution in [-0.4, -0.2) is 35.8 Å². The minimum absolute atomic E-state index is 0.0414. The molecule has 3 heterocycles. The molecule has 10 heteroatoms. The molecule has 31 heavy (non-hydrogen) atoms. The smallest absolute Gasteiger partial charge is 0.286 e. The number of fused-ring (bicyclic) bond motifs is 1. The normalized spacial score (nSPS) is 13.2. The largest absolute Gasteiger partial charge is 0.336 e. The molecular formula is C21H23F3N4O2S. The van der Waals surface area contributed by atoms with Crippen molar-refractivity contribution >= 4 is 20.9 Å². The summed E-state index contributed by atoms with van der Waals surface area (Å²) in [6.45, 7) is 2.46. The lowest BCUT2D eigenvalue weighted by molar-refractivity contribution is 0.0131. The van der Waals surface area contributed by atoms with Gasteiger partial charge in [0.05, 0.1) is 17.6 Å². The predicted octanol–water partition coefficient (Wildman–Crippen LogP) is 3.66. The van der Waals surface area contributed by atoms with E-state index in [0.29, 0.717) is 27.9 Å². The molecule has 0 radical (unpaired) electrons. The maximum absolute atomic E-state index is 14.2. The first-order chi connectivity index (χ1) is 14.4. The molecule has 0 aliphatic carbocycles. The number of aromatic nitrogens is 3. The van der Waals surface area contributed by atoms with Crippen LogP contribution in [0.3, 0.4) is 0 Å². The van der Waals surface area contributed by atoms with Gasteiger partial charge in [-0.25, -0.2) is 22.8 Å². The zero-order valence-corrected chi connectivity index (χ0v) is 18.2. The van der Waals surface area contributed by atoms with Crippen molar-refractivity contribution in [1.82, 2.24) is 14.5 Å². The van der Waals surface area contributed by atoms with Gasteiger partial charge in [-0.05, 0) is 36.8 Å². The van der Waals surface area contributed by atoms with Crippen LogP contribution in [0.2, 0.25) is 0 Å². The van der Waals surface area contributed by atoms with Gasteiger partial charge in [0.2, 0.25) is 0 Å². The van der Waals surface area contributed by atoms with E-state index in [1.807, 2.05) is 0 Å². The second-order valence-electron chi connectivity index (χ2n) is 7.44. The molecule has 0 amide bonds. The Morgan fingerprint density at radius 2 is 1.97 bits per heavy atom. The first-order valence-corrected chi connectivity index (χ1v) is 11.4. The molecule has 6 nitrogen and oxygen atoms in total. The maximum Gasteiger partial charge on any atom is 0.286 e. The van der Waals surface area contributed by atoms with Gasteiger partial charge in [-0.1, -0.05) is 6.07 Å². The quantitative estimate of drug-likeness (QED) is 0.591. The number of nitrogens with zero attached hydrogens (tertiary/aromatic N) is 3. The third-order valence-electron chi connectivity index (χ3n) is 4.95. The fraction of sp³-hybridized carbons (Fsp3) is 0.333. The molecule has 0 bridgehead atoms. The van der Waals surface area contributed by atoms with Gasteiger partial charge in [-0.3, -0.25) is 0 Å². The molecular weight excluding hydrogens is 429 g/mol. The Kier molecular flexibility index (Phi) is 6.24. The molecule has 0 atom stereocenters. The average molecular weight is 453 g/mol. The lowest BCUT2D eigenvalue weighted by Crippen LogP contribution is -2.09. The molecule has 0 aromatic carbocycles. The van der Waals surface area contributed by atoms with Gasteiger partial charge in [0, 0.05) is 43.6 Å². The molecule has 0 unspecified atom stereocenters. The summed E-state index contributed by atoms with van der Waals surface area (Å²) in [6.07, 6.45) is 4.00. The van der Waals surface area contributed by atoms with E-state index in [4.69, 9.17) is 5.73 Å². The lowest BCUT2D eigenvalue weighted by atomic mass is 10.1. The van der Waals surface area contributed by atoms with Crippen LogP contribution in [0, 0.1) is 6.92 Å². The van der Waals surface area contributed by atoms with Crippen molar-refractivity contribution in [2.24, 2.45) is 5.73 Å². The number of sulfone groups is 1. The zero-order chi connectivity index (χ0) is 23.0. The molecule has 3 aromatic heterocycles. The number of halogens is 3. The average Bonchev–Trinajstić information content (AvgIpc) is 2.92. The maximum atomic E-state index is 14.2. The number of rotatable bonds is 7. The minimum Gasteiger partial charge on any atom is -0.336 e. The summed E-state index contributed by atoms with van der Waals surface area (Å²) in [5, 5.41) is -0.0598. The molecule has 0 saturated heterocycles. The Morgan fingerprint density at radius 3 is 2.52 bits per heavy atom. The van der Waals surface area contributed by atoms with E-state index in [2.05, 4.69) is 9.97 Å².